The standard InChI is InChI=1S/C24H42N8O10S2/c1-11(19(36)31-15(8-17(27)33)23(40)32-16(10-44)24(41)42)28-21(38)14(5-6-18(34)35)30-22(39)13(4-2-3-7-25)29-20(37)12(26)9-43/h11-16,43-44H,2-10,25-26H2,1H3,(H2,27,33)(H,28,38)(H,29,37)(H,30,39)(H,31,36)(H,32,40)(H,34,35)(H,41,42)/t11-,12-,13-,14-,15-,16-/m0/s1. The quantitative estimate of drug-likeness (QED) is 0.0385. The van der Waals surface area contributed by atoms with Gasteiger partial charge in [-0.3, -0.25) is 33.6 Å². The molecule has 44 heavy (non-hydrogen) atoms. The van der Waals surface area contributed by atoms with E-state index in [4.69, 9.17) is 27.4 Å². The van der Waals surface area contributed by atoms with Crippen molar-refractivity contribution >= 4 is 72.6 Å². The Kier molecular flexibility index (Phi) is 19.4. The van der Waals surface area contributed by atoms with Crippen LogP contribution in [-0.4, -0.2) is 112 Å². The van der Waals surface area contributed by atoms with E-state index in [-0.39, 0.29) is 17.9 Å². The molecule has 0 bridgehead atoms. The van der Waals surface area contributed by atoms with E-state index in [1.54, 1.807) is 0 Å². The lowest BCUT2D eigenvalue weighted by atomic mass is 10.1. The first-order valence-corrected chi connectivity index (χ1v) is 14.8. The van der Waals surface area contributed by atoms with Gasteiger partial charge in [-0.15, -0.1) is 0 Å². The summed E-state index contributed by atoms with van der Waals surface area (Å²) in [5.74, 6) is -8.52. The third-order valence-electron chi connectivity index (χ3n) is 5.98. The summed E-state index contributed by atoms with van der Waals surface area (Å²) in [6.45, 7) is 1.52. The Morgan fingerprint density at radius 2 is 1.18 bits per heavy atom. The number of rotatable bonds is 22. The molecule has 0 heterocycles. The van der Waals surface area contributed by atoms with E-state index in [0.29, 0.717) is 19.4 Å². The number of hydrogen-bond donors (Lipinski definition) is 12. The first kappa shape index (κ1) is 40.4. The largest absolute Gasteiger partial charge is 0.481 e. The van der Waals surface area contributed by atoms with Crippen molar-refractivity contribution in [2.45, 2.75) is 81.7 Å². The second kappa shape index (κ2) is 21.1. The van der Waals surface area contributed by atoms with Gasteiger partial charge in [-0.25, -0.2) is 4.79 Å². The number of unbranched alkanes of at least 4 members (excludes halogenated alkanes) is 1. The Morgan fingerprint density at radius 1 is 0.682 bits per heavy atom. The Morgan fingerprint density at radius 3 is 1.68 bits per heavy atom. The van der Waals surface area contributed by atoms with Gasteiger partial charge in [0.2, 0.25) is 35.4 Å². The van der Waals surface area contributed by atoms with E-state index in [1.165, 1.54) is 6.92 Å². The van der Waals surface area contributed by atoms with Crippen molar-refractivity contribution in [3.8, 4) is 0 Å². The third kappa shape index (κ3) is 15.7. The maximum atomic E-state index is 13.1. The summed E-state index contributed by atoms with van der Waals surface area (Å²) in [4.78, 5) is 97.7. The molecule has 13 N–H and O–H groups in total. The first-order chi connectivity index (χ1) is 20.6. The summed E-state index contributed by atoms with van der Waals surface area (Å²) in [7, 11) is 0. The average molecular weight is 667 g/mol. The highest BCUT2D eigenvalue weighted by atomic mass is 32.1. The highest BCUT2D eigenvalue weighted by Crippen LogP contribution is 2.06. The summed E-state index contributed by atoms with van der Waals surface area (Å²) in [6.07, 6.45) is -0.579. The van der Waals surface area contributed by atoms with E-state index in [0.717, 1.165) is 0 Å². The molecule has 0 saturated carbocycles. The van der Waals surface area contributed by atoms with Crippen molar-refractivity contribution in [1.29, 1.82) is 0 Å². The van der Waals surface area contributed by atoms with Gasteiger partial charge in [-0.1, -0.05) is 0 Å². The van der Waals surface area contributed by atoms with E-state index >= 15 is 0 Å². The summed E-state index contributed by atoms with van der Waals surface area (Å²) in [5, 5.41) is 29.7. The van der Waals surface area contributed by atoms with E-state index < -0.39 is 103 Å². The highest BCUT2D eigenvalue weighted by Gasteiger charge is 2.32. The molecule has 0 saturated heterocycles. The topological polar surface area (TPSA) is 315 Å². The maximum Gasteiger partial charge on any atom is 0.327 e. The lowest BCUT2D eigenvalue weighted by molar-refractivity contribution is -0.142. The van der Waals surface area contributed by atoms with Crippen LogP contribution in [0, 0.1) is 0 Å². The number of hydrogen-bond acceptors (Lipinski definition) is 12. The highest BCUT2D eigenvalue weighted by molar-refractivity contribution is 7.80. The molecule has 0 aliphatic heterocycles. The van der Waals surface area contributed by atoms with Crippen molar-refractivity contribution in [3.63, 3.8) is 0 Å². The minimum atomic E-state index is -1.61. The fourth-order valence-electron chi connectivity index (χ4n) is 3.48. The van der Waals surface area contributed by atoms with Crippen LogP contribution in [0.2, 0.25) is 0 Å². The summed E-state index contributed by atoms with van der Waals surface area (Å²) in [5.41, 5.74) is 16.3. The molecule has 0 fully saturated rings. The monoisotopic (exact) mass is 666 g/mol. The Hall–Kier alpha value is -3.62. The zero-order chi connectivity index (χ0) is 34.0. The van der Waals surface area contributed by atoms with Crippen LogP contribution in [0.5, 0.6) is 0 Å². The van der Waals surface area contributed by atoms with Crippen molar-refractivity contribution in [3.05, 3.63) is 0 Å². The fraction of sp³-hybridized carbons (Fsp3) is 0.667. The van der Waals surface area contributed by atoms with Crippen LogP contribution in [0.15, 0.2) is 0 Å². The molecule has 0 aromatic heterocycles. The Labute approximate surface area is 264 Å². The molecule has 0 radical (unpaired) electrons. The van der Waals surface area contributed by atoms with Crippen molar-refractivity contribution < 1.29 is 48.6 Å². The van der Waals surface area contributed by atoms with Gasteiger partial charge < -0.3 is 54.0 Å². The van der Waals surface area contributed by atoms with Gasteiger partial charge in [-0.2, -0.15) is 25.3 Å². The lowest BCUT2D eigenvalue weighted by Gasteiger charge is -2.25. The van der Waals surface area contributed by atoms with Gasteiger partial charge >= 0.3 is 11.9 Å². The van der Waals surface area contributed by atoms with E-state index in [9.17, 15) is 38.4 Å². The molecule has 6 amide bonds. The molecular weight excluding hydrogens is 624 g/mol. The minimum absolute atomic E-state index is 0.0101. The average Bonchev–Trinajstić information content (AvgIpc) is 2.95. The van der Waals surface area contributed by atoms with Crippen LogP contribution >= 0.6 is 25.3 Å². The van der Waals surface area contributed by atoms with Gasteiger partial charge in [0.25, 0.3) is 0 Å². The molecule has 0 unspecified atom stereocenters. The lowest BCUT2D eigenvalue weighted by Crippen LogP contribution is -2.59. The smallest absolute Gasteiger partial charge is 0.327 e. The van der Waals surface area contributed by atoms with Gasteiger partial charge in [0, 0.05) is 17.9 Å². The van der Waals surface area contributed by atoms with Gasteiger partial charge in [0.05, 0.1) is 12.5 Å². The molecule has 0 aromatic rings. The molecule has 6 atom stereocenters. The van der Waals surface area contributed by atoms with Gasteiger partial charge in [0.15, 0.2) is 0 Å². The summed E-state index contributed by atoms with van der Waals surface area (Å²) >= 11 is 7.77. The fourth-order valence-corrected chi connectivity index (χ4v) is 3.89. The molecular formula is C24H42N8O10S2. The van der Waals surface area contributed by atoms with Crippen molar-refractivity contribution in [2.24, 2.45) is 17.2 Å². The zero-order valence-corrected chi connectivity index (χ0v) is 25.9. The molecule has 0 aliphatic carbocycles. The predicted octanol–water partition coefficient (Wildman–Crippen LogP) is -4.43. The third-order valence-corrected chi connectivity index (χ3v) is 6.74. The maximum absolute atomic E-state index is 13.1. The molecule has 20 heteroatoms. The number of nitrogens with one attached hydrogen (secondary N) is 5. The van der Waals surface area contributed by atoms with Crippen molar-refractivity contribution in [1.82, 2.24) is 26.6 Å². The SMILES string of the molecule is C[C@H](NC(=O)[C@H](CCC(=O)O)NC(=O)[C@H](CCCCN)NC(=O)[C@@H](N)CS)C(=O)N[C@@H](CC(N)=O)C(=O)N[C@@H](CS)C(=O)O. The number of carbonyl (C=O) groups is 8. The Balaban J connectivity index is 5.74. The predicted molar refractivity (Wildman–Crippen MR) is 162 cm³/mol. The number of carbonyl (C=O) groups excluding carboxylic acids is 6. The van der Waals surface area contributed by atoms with Crippen LogP contribution < -0.4 is 43.8 Å². The number of primary amides is 1. The zero-order valence-electron chi connectivity index (χ0n) is 24.1. The number of amides is 6. The van der Waals surface area contributed by atoms with Crippen LogP contribution in [0.25, 0.3) is 0 Å². The molecule has 0 spiro atoms. The summed E-state index contributed by atoms with van der Waals surface area (Å²) in [6, 6.07) is -8.10. The Bertz CT molecular complexity index is 1050. The second-order valence-electron chi connectivity index (χ2n) is 9.67. The molecule has 250 valence electrons. The van der Waals surface area contributed by atoms with Crippen LogP contribution in [0.4, 0.5) is 0 Å². The molecule has 18 nitrogen and oxygen atoms in total. The van der Waals surface area contributed by atoms with Gasteiger partial charge in [-0.05, 0) is 39.2 Å². The molecule has 0 aromatic carbocycles. The first-order valence-electron chi connectivity index (χ1n) is 13.5. The minimum Gasteiger partial charge on any atom is -0.481 e. The molecule has 0 rings (SSSR count). The van der Waals surface area contributed by atoms with E-state index in [1.807, 2.05) is 0 Å². The number of thiol groups is 2. The number of aliphatic carboxylic acids is 2. The number of nitrogens with two attached hydrogens (primary N) is 3. The number of carboxylic acids is 2. The second-order valence-corrected chi connectivity index (χ2v) is 10.4. The van der Waals surface area contributed by atoms with Crippen molar-refractivity contribution in [2.75, 3.05) is 18.1 Å². The van der Waals surface area contributed by atoms with Gasteiger partial charge in [0.1, 0.15) is 30.2 Å². The van der Waals surface area contributed by atoms with Crippen LogP contribution in [0.3, 0.4) is 0 Å². The number of carboxylic acid groups (broad SMARTS) is 2. The van der Waals surface area contributed by atoms with E-state index in [2.05, 4.69) is 51.8 Å². The normalized spacial score (nSPS) is 14.8. The summed E-state index contributed by atoms with van der Waals surface area (Å²) < 4.78 is 0. The van der Waals surface area contributed by atoms with Crippen LogP contribution in [-0.2, 0) is 38.4 Å². The molecule has 0 aliphatic rings. The van der Waals surface area contributed by atoms with Crippen LogP contribution in [0.1, 0.15) is 45.4 Å².